The first-order chi connectivity index (χ1) is 13.9. The van der Waals surface area contributed by atoms with Crippen LogP contribution in [0.4, 0.5) is 10.1 Å². The van der Waals surface area contributed by atoms with Crippen molar-refractivity contribution < 1.29 is 12.8 Å². The molecule has 4 rings (SSSR count). The lowest BCUT2D eigenvalue weighted by Crippen LogP contribution is -2.41. The molecule has 1 aliphatic rings. The number of hydrogen-bond acceptors (Lipinski definition) is 5. The second-order valence-corrected chi connectivity index (χ2v) is 9.66. The minimum Gasteiger partial charge on any atom is -0.381 e. The molecule has 0 radical (unpaired) electrons. The number of likely N-dealkylation sites (tertiary alicyclic amines) is 1. The maximum Gasteiger partial charge on any atom is 0.175 e. The molecule has 5 nitrogen and oxygen atoms in total. The van der Waals surface area contributed by atoms with Gasteiger partial charge in [0.15, 0.2) is 9.84 Å². The van der Waals surface area contributed by atoms with E-state index in [9.17, 15) is 12.8 Å². The number of sulfone groups is 1. The number of piperidine rings is 1. The average molecular weight is 414 g/mol. The van der Waals surface area contributed by atoms with E-state index in [1.807, 2.05) is 12.3 Å². The van der Waals surface area contributed by atoms with Crippen molar-refractivity contribution in [1.29, 1.82) is 0 Å². The van der Waals surface area contributed by atoms with Crippen LogP contribution in [-0.2, 0) is 16.4 Å². The van der Waals surface area contributed by atoms with E-state index in [1.54, 1.807) is 6.20 Å². The van der Waals surface area contributed by atoms with Crippen molar-refractivity contribution in [3.8, 4) is 0 Å². The Labute approximate surface area is 170 Å². The van der Waals surface area contributed by atoms with Crippen LogP contribution in [0.15, 0.2) is 59.8 Å². The van der Waals surface area contributed by atoms with E-state index in [2.05, 4.69) is 33.4 Å². The molecule has 1 atom stereocenters. The summed E-state index contributed by atoms with van der Waals surface area (Å²) in [6.45, 7) is 2.05. The minimum atomic E-state index is -3.40. The summed E-state index contributed by atoms with van der Waals surface area (Å²) in [4.78, 5) is 6.54. The number of rotatable bonds is 5. The van der Waals surface area contributed by atoms with Gasteiger partial charge < -0.3 is 5.32 Å². The summed E-state index contributed by atoms with van der Waals surface area (Å²) in [5, 5.41) is 5.82. The van der Waals surface area contributed by atoms with Crippen molar-refractivity contribution in [2.45, 2.75) is 30.3 Å². The Morgan fingerprint density at radius 3 is 2.86 bits per heavy atom. The molecule has 1 saturated heterocycles. The summed E-state index contributed by atoms with van der Waals surface area (Å²) in [5.74, 6) is -0.412. The van der Waals surface area contributed by atoms with E-state index in [1.165, 1.54) is 24.5 Å². The summed E-state index contributed by atoms with van der Waals surface area (Å²) in [5.41, 5.74) is 1.57. The van der Waals surface area contributed by atoms with Crippen molar-refractivity contribution in [2.24, 2.45) is 0 Å². The number of halogens is 1. The zero-order valence-electron chi connectivity index (χ0n) is 16.3. The van der Waals surface area contributed by atoms with Gasteiger partial charge in [0.2, 0.25) is 0 Å². The fourth-order valence-electron chi connectivity index (χ4n) is 4.00. The fraction of sp³-hybridized carbons (Fsp3) is 0.318. The Kier molecular flexibility index (Phi) is 5.52. The first-order valence-electron chi connectivity index (χ1n) is 9.70. The SMILES string of the molecule is CS(=O)(=O)c1ccc(F)cc1CN1CCCC(Nc2ccc3cnccc3c2)C1. The summed E-state index contributed by atoms with van der Waals surface area (Å²) in [6.07, 6.45) is 6.83. The minimum absolute atomic E-state index is 0.206. The second kappa shape index (κ2) is 8.08. The van der Waals surface area contributed by atoms with Crippen molar-refractivity contribution in [3.63, 3.8) is 0 Å². The van der Waals surface area contributed by atoms with Gasteiger partial charge in [-0.15, -0.1) is 0 Å². The van der Waals surface area contributed by atoms with Crippen LogP contribution in [0.1, 0.15) is 18.4 Å². The monoisotopic (exact) mass is 413 g/mol. The first-order valence-corrected chi connectivity index (χ1v) is 11.6. The van der Waals surface area contributed by atoms with Gasteiger partial charge in [0.1, 0.15) is 5.82 Å². The molecule has 1 unspecified atom stereocenters. The summed E-state index contributed by atoms with van der Waals surface area (Å²) >= 11 is 0. The van der Waals surface area contributed by atoms with E-state index in [4.69, 9.17) is 0 Å². The van der Waals surface area contributed by atoms with Gasteiger partial charge >= 0.3 is 0 Å². The van der Waals surface area contributed by atoms with Crippen LogP contribution in [-0.4, -0.2) is 43.7 Å². The third kappa shape index (κ3) is 4.74. The van der Waals surface area contributed by atoms with Gasteiger partial charge in [0, 0.05) is 48.9 Å². The van der Waals surface area contributed by atoms with Crippen molar-refractivity contribution in [3.05, 3.63) is 66.2 Å². The smallest absolute Gasteiger partial charge is 0.175 e. The van der Waals surface area contributed by atoms with Gasteiger partial charge in [-0.05, 0) is 66.7 Å². The number of nitrogens with one attached hydrogen (secondary N) is 1. The Hall–Kier alpha value is -2.51. The van der Waals surface area contributed by atoms with E-state index >= 15 is 0 Å². The van der Waals surface area contributed by atoms with E-state index in [0.717, 1.165) is 42.4 Å². The van der Waals surface area contributed by atoms with Crippen LogP contribution in [0, 0.1) is 5.82 Å². The summed E-state index contributed by atoms with van der Waals surface area (Å²) in [6, 6.07) is 12.4. The molecule has 0 aliphatic carbocycles. The maximum atomic E-state index is 13.8. The molecule has 1 N–H and O–H groups in total. The molecule has 7 heteroatoms. The molecule has 152 valence electrons. The molecule has 3 aromatic rings. The molecular formula is C22H24FN3O2S. The van der Waals surface area contributed by atoms with Crippen LogP contribution in [0.5, 0.6) is 0 Å². The highest BCUT2D eigenvalue weighted by atomic mass is 32.2. The van der Waals surface area contributed by atoms with Crippen LogP contribution >= 0.6 is 0 Å². The number of aromatic nitrogens is 1. The highest BCUT2D eigenvalue weighted by molar-refractivity contribution is 7.90. The molecule has 0 spiro atoms. The number of nitrogens with zero attached hydrogens (tertiary/aromatic N) is 2. The standard InChI is InChI=1S/C22H24FN3O2S/c1-29(27,28)22-7-5-19(23)11-18(22)14-26-10-2-3-21(15-26)25-20-6-4-17-13-24-9-8-16(17)12-20/h4-9,11-13,21,25H,2-3,10,14-15H2,1H3. The molecule has 1 aliphatic heterocycles. The quantitative estimate of drug-likeness (QED) is 0.644. The van der Waals surface area contributed by atoms with E-state index < -0.39 is 15.7 Å². The molecule has 1 aromatic heterocycles. The van der Waals surface area contributed by atoms with Gasteiger partial charge in [0.25, 0.3) is 0 Å². The van der Waals surface area contributed by atoms with Gasteiger partial charge in [-0.1, -0.05) is 6.07 Å². The molecule has 2 heterocycles. The molecule has 1 fully saturated rings. The highest BCUT2D eigenvalue weighted by Gasteiger charge is 2.22. The summed E-state index contributed by atoms with van der Waals surface area (Å²) in [7, 11) is -3.40. The van der Waals surface area contributed by atoms with Crippen molar-refractivity contribution in [2.75, 3.05) is 24.7 Å². The lowest BCUT2D eigenvalue weighted by atomic mass is 10.0. The Bertz CT molecular complexity index is 1130. The molecule has 0 amide bonds. The molecule has 0 bridgehead atoms. The van der Waals surface area contributed by atoms with Gasteiger partial charge in [-0.3, -0.25) is 9.88 Å². The Balaban J connectivity index is 1.48. The third-order valence-corrected chi connectivity index (χ3v) is 6.53. The predicted molar refractivity (Wildman–Crippen MR) is 113 cm³/mol. The number of benzene rings is 2. The number of anilines is 1. The van der Waals surface area contributed by atoms with Gasteiger partial charge in [-0.25, -0.2) is 12.8 Å². The number of hydrogen-bond donors (Lipinski definition) is 1. The third-order valence-electron chi connectivity index (χ3n) is 5.33. The zero-order chi connectivity index (χ0) is 20.4. The van der Waals surface area contributed by atoms with Crippen LogP contribution in [0.2, 0.25) is 0 Å². The molecule has 0 saturated carbocycles. The maximum absolute atomic E-state index is 13.8. The predicted octanol–water partition coefficient (Wildman–Crippen LogP) is 3.85. The average Bonchev–Trinajstić information content (AvgIpc) is 2.67. The zero-order valence-corrected chi connectivity index (χ0v) is 17.1. The van der Waals surface area contributed by atoms with E-state index in [-0.39, 0.29) is 10.9 Å². The van der Waals surface area contributed by atoms with Gasteiger partial charge in [-0.2, -0.15) is 0 Å². The van der Waals surface area contributed by atoms with Crippen LogP contribution in [0.25, 0.3) is 10.8 Å². The lowest BCUT2D eigenvalue weighted by molar-refractivity contribution is 0.207. The Morgan fingerprint density at radius 1 is 1.17 bits per heavy atom. The number of pyridine rings is 1. The largest absolute Gasteiger partial charge is 0.381 e. The van der Waals surface area contributed by atoms with Gasteiger partial charge in [0.05, 0.1) is 4.90 Å². The van der Waals surface area contributed by atoms with Crippen molar-refractivity contribution in [1.82, 2.24) is 9.88 Å². The summed E-state index contributed by atoms with van der Waals surface area (Å²) < 4.78 is 37.9. The molecule has 2 aromatic carbocycles. The number of fused-ring (bicyclic) bond motifs is 1. The topological polar surface area (TPSA) is 62.3 Å². The normalized spacial score (nSPS) is 18.1. The van der Waals surface area contributed by atoms with Crippen LogP contribution < -0.4 is 5.32 Å². The molecular weight excluding hydrogens is 389 g/mol. The first kappa shape index (κ1) is 19.8. The highest BCUT2D eigenvalue weighted by Crippen LogP contribution is 2.24. The lowest BCUT2D eigenvalue weighted by Gasteiger charge is -2.34. The van der Waals surface area contributed by atoms with Crippen molar-refractivity contribution >= 4 is 26.3 Å². The van der Waals surface area contributed by atoms with Crippen LogP contribution in [0.3, 0.4) is 0 Å². The Morgan fingerprint density at radius 2 is 2.03 bits per heavy atom. The second-order valence-electron chi connectivity index (χ2n) is 7.68. The fourth-order valence-corrected chi connectivity index (χ4v) is 4.91. The molecule has 29 heavy (non-hydrogen) atoms. The van der Waals surface area contributed by atoms with E-state index in [0.29, 0.717) is 12.1 Å².